The Kier molecular flexibility index (Phi) is 11.7. The number of carbonyl (C=O) groups is 1. The third kappa shape index (κ3) is 7.29. The van der Waals surface area contributed by atoms with Gasteiger partial charge in [-0.15, -0.1) is 40.5 Å². The van der Waals surface area contributed by atoms with E-state index in [1.807, 2.05) is 54.0 Å². The molecule has 0 bridgehead atoms. The fraction of sp³-hybridized carbons (Fsp3) is 0.395. The van der Waals surface area contributed by atoms with Crippen LogP contribution in [0.1, 0.15) is 99.1 Å². The molecule has 0 aliphatic rings. The largest absolute Gasteiger partial charge is 0.512 e. The van der Waals surface area contributed by atoms with Gasteiger partial charge in [0.25, 0.3) is 0 Å². The van der Waals surface area contributed by atoms with Gasteiger partial charge in [0.1, 0.15) is 5.76 Å². The summed E-state index contributed by atoms with van der Waals surface area (Å²) < 4.78 is 8.35. The molecule has 49 heavy (non-hydrogen) atoms. The van der Waals surface area contributed by atoms with E-state index in [0.29, 0.717) is 0 Å². The first-order valence-corrected chi connectivity index (χ1v) is 18.1. The maximum absolute atomic E-state index is 12.2. The Morgan fingerprint density at radius 1 is 0.898 bits per heavy atom. The molecule has 0 fully saturated rings. The van der Waals surface area contributed by atoms with Crippen LogP contribution in [-0.2, 0) is 30.3 Å². The third-order valence-electron chi connectivity index (χ3n) is 10.7. The number of ketones is 1. The van der Waals surface area contributed by atoms with Crippen LogP contribution in [0.25, 0.3) is 53.2 Å². The summed E-state index contributed by atoms with van der Waals surface area (Å²) in [6, 6.07) is 21.0. The van der Waals surface area contributed by atoms with Crippen molar-refractivity contribution < 1.29 is 34.4 Å². The number of aliphatic hydroxyl groups is 1. The van der Waals surface area contributed by atoms with Crippen LogP contribution in [0.2, 0.25) is 0 Å². The van der Waals surface area contributed by atoms with Gasteiger partial charge in [-0.2, -0.15) is 0 Å². The van der Waals surface area contributed by atoms with Crippen molar-refractivity contribution >= 4 is 59.0 Å². The number of aryl methyl sites for hydroxylation is 1. The molecule has 0 amide bonds. The van der Waals surface area contributed by atoms with E-state index in [-0.39, 0.29) is 47.9 Å². The summed E-state index contributed by atoms with van der Waals surface area (Å²) >= 11 is 1.78. The average molecular weight is 853 g/mol. The second-order valence-electron chi connectivity index (χ2n) is 14.7. The number of furan rings is 1. The van der Waals surface area contributed by atoms with Gasteiger partial charge in [-0.25, -0.2) is 0 Å². The molecule has 0 saturated carbocycles. The van der Waals surface area contributed by atoms with Crippen molar-refractivity contribution in [1.82, 2.24) is 4.98 Å². The molecule has 3 aromatic heterocycles. The van der Waals surface area contributed by atoms with Crippen molar-refractivity contribution in [2.45, 2.75) is 100 Å². The minimum atomic E-state index is -0.337. The number of hydrogen-bond acceptors (Lipinski definition) is 5. The number of fused-ring (bicyclic) bond motifs is 6. The first-order chi connectivity index (χ1) is 22.7. The van der Waals surface area contributed by atoms with E-state index in [2.05, 4.69) is 82.3 Å². The van der Waals surface area contributed by atoms with Crippen LogP contribution in [0.5, 0.6) is 0 Å². The molecule has 261 valence electrons. The number of benzene rings is 3. The quantitative estimate of drug-likeness (QED) is 0.0941. The maximum atomic E-state index is 12.2. The van der Waals surface area contributed by atoms with E-state index in [0.717, 1.165) is 47.9 Å². The monoisotopic (exact) mass is 853 g/mol. The van der Waals surface area contributed by atoms with Crippen LogP contribution >= 0.6 is 11.3 Å². The van der Waals surface area contributed by atoms with Crippen molar-refractivity contribution in [2.24, 2.45) is 10.8 Å². The summed E-state index contributed by atoms with van der Waals surface area (Å²) in [4.78, 5) is 17.0. The molecule has 0 atom stereocenters. The molecular formula is C43H50IrNO3S-. The smallest absolute Gasteiger partial charge is 0.164 e. The molecule has 3 aromatic carbocycles. The Morgan fingerprint density at radius 2 is 1.53 bits per heavy atom. The molecular weight excluding hydrogens is 803 g/mol. The zero-order valence-electron chi connectivity index (χ0n) is 30.6. The van der Waals surface area contributed by atoms with Crippen molar-refractivity contribution in [3.63, 3.8) is 0 Å². The molecule has 1 radical (unpaired) electrons. The predicted molar refractivity (Wildman–Crippen MR) is 205 cm³/mol. The Morgan fingerprint density at radius 3 is 2.16 bits per heavy atom. The molecule has 6 heteroatoms. The topological polar surface area (TPSA) is 63.3 Å². The van der Waals surface area contributed by atoms with Gasteiger partial charge in [0.2, 0.25) is 0 Å². The molecule has 3 heterocycles. The van der Waals surface area contributed by atoms with Gasteiger partial charge in [0.05, 0.1) is 11.0 Å². The SMILES string of the molecule is CCC(C)(CC)C(=O)/C=C(\O)C(C)(CC)CC.Cc1coc2c1ccc1c2sc2ccnc(-c3[c-]c4ccccc4c(C(C)(C)C)c3)c21.[Ir]. The minimum absolute atomic E-state index is 0. The van der Waals surface area contributed by atoms with Gasteiger partial charge in [-0.3, -0.25) is 9.78 Å². The molecule has 6 rings (SSSR count). The fourth-order valence-corrected chi connectivity index (χ4v) is 7.45. The van der Waals surface area contributed by atoms with Crippen LogP contribution in [0.3, 0.4) is 0 Å². The number of rotatable bonds is 8. The average Bonchev–Trinajstić information content (AvgIpc) is 3.67. The number of aliphatic hydroxyl groups excluding tert-OH is 1. The van der Waals surface area contributed by atoms with Crippen molar-refractivity contribution in [2.75, 3.05) is 0 Å². The predicted octanol–water partition coefficient (Wildman–Crippen LogP) is 13.1. The molecule has 0 aliphatic heterocycles. The van der Waals surface area contributed by atoms with Gasteiger partial charge >= 0.3 is 0 Å². The number of thiophene rings is 1. The molecule has 0 spiro atoms. The normalized spacial score (nSPS) is 12.7. The fourth-order valence-electron chi connectivity index (χ4n) is 6.26. The minimum Gasteiger partial charge on any atom is -0.512 e. The van der Waals surface area contributed by atoms with E-state index in [9.17, 15) is 9.90 Å². The Bertz CT molecular complexity index is 2140. The van der Waals surface area contributed by atoms with Crippen LogP contribution in [0.15, 0.2) is 77.2 Å². The molecule has 6 aromatic rings. The Hall–Kier alpha value is -3.31. The number of aromatic nitrogens is 1. The molecule has 0 unspecified atom stereocenters. The summed E-state index contributed by atoms with van der Waals surface area (Å²) in [5, 5.41) is 16.1. The molecule has 1 N–H and O–H groups in total. The number of allylic oxidation sites excluding steroid dienone is 2. The number of hydrogen-bond donors (Lipinski definition) is 1. The van der Waals surface area contributed by atoms with Crippen LogP contribution < -0.4 is 0 Å². The van der Waals surface area contributed by atoms with Crippen LogP contribution in [-0.4, -0.2) is 15.9 Å². The van der Waals surface area contributed by atoms with Gasteiger partial charge in [-0.05, 0) is 60.4 Å². The van der Waals surface area contributed by atoms with Crippen molar-refractivity contribution in [3.05, 3.63) is 90.0 Å². The molecule has 0 aliphatic carbocycles. The zero-order chi connectivity index (χ0) is 35.0. The summed E-state index contributed by atoms with van der Waals surface area (Å²) in [6.45, 7) is 21.0. The summed E-state index contributed by atoms with van der Waals surface area (Å²) in [7, 11) is 0. The van der Waals surface area contributed by atoms with E-state index >= 15 is 0 Å². The number of nitrogens with zero attached hydrogens (tertiary/aromatic N) is 1. The van der Waals surface area contributed by atoms with Crippen molar-refractivity contribution in [3.8, 4) is 11.3 Å². The van der Waals surface area contributed by atoms with Gasteiger partial charge < -0.3 is 9.52 Å². The Balaban J connectivity index is 0.000000260. The van der Waals surface area contributed by atoms with Gasteiger partial charge in [-0.1, -0.05) is 104 Å². The van der Waals surface area contributed by atoms with Crippen molar-refractivity contribution in [1.29, 1.82) is 0 Å². The summed E-state index contributed by atoms with van der Waals surface area (Å²) in [6.07, 6.45) is 8.52. The molecule has 4 nitrogen and oxygen atoms in total. The van der Waals surface area contributed by atoms with Crippen LogP contribution in [0.4, 0.5) is 0 Å². The second kappa shape index (κ2) is 14.9. The summed E-state index contributed by atoms with van der Waals surface area (Å²) in [5.74, 6) is 0.286. The maximum Gasteiger partial charge on any atom is 0.164 e. The standard InChI is InChI=1S/C28H22NOS.C15H28O2.Ir/c1-16-15-30-26-19(16)9-10-21-24-23(31-27(21)26)11-12-29-25(24)18-13-17-7-5-6-8-20(17)22(14-18)28(2,3)4;1-7-14(5,8-2)12(16)11-13(17)15(6,9-3)10-4;/h5-12,14-15H,1-4H3;11,16H,7-10H2,1-6H3;/q-1;;/b;12-11-;. The van der Waals surface area contributed by atoms with Gasteiger partial charge in [0.15, 0.2) is 11.4 Å². The first kappa shape index (κ1) is 38.5. The zero-order valence-corrected chi connectivity index (χ0v) is 33.8. The number of carbonyl (C=O) groups excluding carboxylic acids is 1. The van der Waals surface area contributed by atoms with E-state index in [1.54, 1.807) is 11.3 Å². The molecule has 0 saturated heterocycles. The third-order valence-corrected chi connectivity index (χ3v) is 11.9. The number of pyridine rings is 1. The van der Waals surface area contributed by atoms with E-state index in [1.165, 1.54) is 48.1 Å². The van der Waals surface area contributed by atoms with Crippen LogP contribution in [0, 0.1) is 23.8 Å². The van der Waals surface area contributed by atoms with E-state index in [4.69, 9.17) is 9.40 Å². The first-order valence-electron chi connectivity index (χ1n) is 17.3. The summed E-state index contributed by atoms with van der Waals surface area (Å²) in [5.41, 5.74) is 4.91. The van der Waals surface area contributed by atoms with Gasteiger partial charge in [0, 0.05) is 59.0 Å². The van der Waals surface area contributed by atoms with E-state index < -0.39 is 0 Å². The Labute approximate surface area is 309 Å². The second-order valence-corrected chi connectivity index (χ2v) is 15.7.